The van der Waals surface area contributed by atoms with Crippen molar-refractivity contribution in [2.45, 2.75) is 31.5 Å². The second kappa shape index (κ2) is 9.88. The van der Waals surface area contributed by atoms with Crippen molar-refractivity contribution >= 4 is 11.9 Å². The highest BCUT2D eigenvalue weighted by molar-refractivity contribution is 5.85. The van der Waals surface area contributed by atoms with E-state index < -0.39 is 0 Å². The van der Waals surface area contributed by atoms with E-state index in [0.717, 1.165) is 37.5 Å². The van der Waals surface area contributed by atoms with Crippen LogP contribution < -0.4 is 5.32 Å². The monoisotopic (exact) mass is 392 g/mol. The lowest BCUT2D eigenvalue weighted by molar-refractivity contribution is -0.127. The summed E-state index contributed by atoms with van der Waals surface area (Å²) >= 11 is 0. The third-order valence-electron chi connectivity index (χ3n) is 5.09. The van der Waals surface area contributed by atoms with Crippen LogP contribution in [0, 0.1) is 0 Å². The van der Waals surface area contributed by atoms with Gasteiger partial charge in [0.05, 0.1) is 25.5 Å². The quantitative estimate of drug-likeness (QED) is 0.577. The standard InChI is InChI=1S/C19H32N6O3/c1-23(2)18(26)12-21-19(20-11-16-6-4-5-8-27-16)25-7-9-28-17(14-25)15-10-22-24(3)13-15/h10,13,16-17H,4-9,11-12,14H2,1-3H3,(H,20,21). The topological polar surface area (TPSA) is 84.2 Å². The van der Waals surface area contributed by atoms with E-state index in [0.29, 0.717) is 19.7 Å². The highest BCUT2D eigenvalue weighted by Gasteiger charge is 2.26. The van der Waals surface area contributed by atoms with Crippen molar-refractivity contribution in [3.8, 4) is 0 Å². The Labute approximate surface area is 166 Å². The maximum atomic E-state index is 12.0. The Hall–Kier alpha value is -2.13. The predicted octanol–water partition coefficient (Wildman–Crippen LogP) is 0.396. The molecule has 1 N–H and O–H groups in total. The summed E-state index contributed by atoms with van der Waals surface area (Å²) in [6.45, 7) is 3.63. The zero-order valence-corrected chi connectivity index (χ0v) is 17.1. The molecule has 0 spiro atoms. The summed E-state index contributed by atoms with van der Waals surface area (Å²) in [4.78, 5) is 20.3. The van der Waals surface area contributed by atoms with Gasteiger partial charge in [-0.2, -0.15) is 5.10 Å². The molecule has 28 heavy (non-hydrogen) atoms. The molecule has 2 aliphatic rings. The van der Waals surface area contributed by atoms with Crippen molar-refractivity contribution in [1.29, 1.82) is 0 Å². The third kappa shape index (κ3) is 5.68. The Morgan fingerprint density at radius 2 is 2.21 bits per heavy atom. The molecular formula is C19H32N6O3. The Bertz CT molecular complexity index is 668. The molecule has 2 unspecified atom stereocenters. The lowest BCUT2D eigenvalue weighted by Gasteiger charge is -2.35. The summed E-state index contributed by atoms with van der Waals surface area (Å²) in [5, 5.41) is 7.68. The van der Waals surface area contributed by atoms with Gasteiger partial charge in [-0.15, -0.1) is 0 Å². The van der Waals surface area contributed by atoms with Crippen LogP contribution >= 0.6 is 0 Å². The first-order valence-electron chi connectivity index (χ1n) is 9.98. The maximum absolute atomic E-state index is 12.0. The average Bonchev–Trinajstić information content (AvgIpc) is 3.15. The molecule has 1 amide bonds. The third-order valence-corrected chi connectivity index (χ3v) is 5.09. The normalized spacial score (nSPS) is 23.5. The zero-order valence-electron chi connectivity index (χ0n) is 17.1. The second-order valence-corrected chi connectivity index (χ2v) is 7.55. The molecule has 2 aliphatic heterocycles. The van der Waals surface area contributed by atoms with Crippen LogP contribution in [-0.4, -0.2) is 91.0 Å². The van der Waals surface area contributed by atoms with Crippen molar-refractivity contribution in [2.75, 3.05) is 53.5 Å². The minimum Gasteiger partial charge on any atom is -0.376 e. The number of nitrogens with one attached hydrogen (secondary N) is 1. The fourth-order valence-electron chi connectivity index (χ4n) is 3.37. The van der Waals surface area contributed by atoms with E-state index in [9.17, 15) is 4.79 Å². The summed E-state index contributed by atoms with van der Waals surface area (Å²) in [7, 11) is 5.39. The first-order chi connectivity index (χ1) is 13.5. The molecule has 0 aromatic carbocycles. The van der Waals surface area contributed by atoms with E-state index in [1.165, 1.54) is 6.42 Å². The Morgan fingerprint density at radius 3 is 2.89 bits per heavy atom. The van der Waals surface area contributed by atoms with Gasteiger partial charge in [0.1, 0.15) is 12.6 Å². The number of aryl methyl sites for hydroxylation is 1. The highest BCUT2D eigenvalue weighted by Crippen LogP contribution is 2.21. The molecule has 0 radical (unpaired) electrons. The van der Waals surface area contributed by atoms with Gasteiger partial charge >= 0.3 is 0 Å². The largest absolute Gasteiger partial charge is 0.376 e. The fraction of sp³-hybridized carbons (Fsp3) is 0.737. The maximum Gasteiger partial charge on any atom is 0.243 e. The van der Waals surface area contributed by atoms with Gasteiger partial charge in [-0.1, -0.05) is 0 Å². The van der Waals surface area contributed by atoms with E-state index in [4.69, 9.17) is 9.47 Å². The Kier molecular flexibility index (Phi) is 7.27. The molecule has 2 saturated heterocycles. The van der Waals surface area contributed by atoms with Crippen LogP contribution in [-0.2, 0) is 21.3 Å². The minimum atomic E-state index is -0.0649. The summed E-state index contributed by atoms with van der Waals surface area (Å²) in [5.74, 6) is 0.715. The van der Waals surface area contributed by atoms with Crippen LogP contribution in [0.25, 0.3) is 0 Å². The number of carbonyl (C=O) groups excluding carboxylic acids is 1. The number of likely N-dealkylation sites (N-methyl/N-ethyl adjacent to an activating group) is 1. The molecule has 0 aliphatic carbocycles. The molecule has 0 saturated carbocycles. The SMILES string of the molecule is CN(C)C(=O)CN=C(NCC1CCCCO1)N1CCOC(c2cnn(C)c2)C1. The van der Waals surface area contributed by atoms with Crippen molar-refractivity contribution in [1.82, 2.24) is 24.9 Å². The average molecular weight is 393 g/mol. The van der Waals surface area contributed by atoms with Crippen molar-refractivity contribution in [2.24, 2.45) is 12.0 Å². The van der Waals surface area contributed by atoms with Gasteiger partial charge in [-0.3, -0.25) is 9.48 Å². The first kappa shape index (κ1) is 20.6. The van der Waals surface area contributed by atoms with E-state index in [1.807, 2.05) is 19.4 Å². The zero-order chi connectivity index (χ0) is 19.9. The lowest BCUT2D eigenvalue weighted by atomic mass is 10.1. The van der Waals surface area contributed by atoms with Crippen LogP contribution in [0.1, 0.15) is 30.9 Å². The summed E-state index contributed by atoms with van der Waals surface area (Å²) in [5.41, 5.74) is 1.05. The Morgan fingerprint density at radius 1 is 1.36 bits per heavy atom. The summed E-state index contributed by atoms with van der Waals surface area (Å²) < 4.78 is 13.5. The van der Waals surface area contributed by atoms with Gasteiger partial charge < -0.3 is 24.6 Å². The highest BCUT2D eigenvalue weighted by atomic mass is 16.5. The van der Waals surface area contributed by atoms with E-state index >= 15 is 0 Å². The predicted molar refractivity (Wildman–Crippen MR) is 106 cm³/mol. The van der Waals surface area contributed by atoms with E-state index in [2.05, 4.69) is 20.3 Å². The summed E-state index contributed by atoms with van der Waals surface area (Å²) in [6.07, 6.45) is 7.32. The van der Waals surface area contributed by atoms with Gasteiger partial charge in [-0.05, 0) is 19.3 Å². The minimum absolute atomic E-state index is 0.0229. The van der Waals surface area contributed by atoms with Gasteiger partial charge in [0.15, 0.2) is 5.96 Å². The molecule has 0 bridgehead atoms. The number of rotatable bonds is 5. The van der Waals surface area contributed by atoms with Gasteiger partial charge in [0, 0.05) is 52.6 Å². The molecular weight excluding hydrogens is 360 g/mol. The van der Waals surface area contributed by atoms with Crippen molar-refractivity contribution in [3.05, 3.63) is 18.0 Å². The summed E-state index contributed by atoms with van der Waals surface area (Å²) in [6, 6.07) is 0. The number of guanidine groups is 1. The van der Waals surface area contributed by atoms with Crippen LogP contribution in [0.2, 0.25) is 0 Å². The lowest BCUT2D eigenvalue weighted by Crippen LogP contribution is -2.50. The Balaban J connectivity index is 1.66. The number of aliphatic imine (C=N–C) groups is 1. The van der Waals surface area contributed by atoms with Crippen LogP contribution in [0.3, 0.4) is 0 Å². The molecule has 9 heteroatoms. The molecule has 3 heterocycles. The first-order valence-corrected chi connectivity index (χ1v) is 9.98. The number of amides is 1. The van der Waals surface area contributed by atoms with Crippen LogP contribution in [0.5, 0.6) is 0 Å². The molecule has 1 aromatic heterocycles. The number of ether oxygens (including phenoxy) is 2. The molecule has 3 rings (SSSR count). The van der Waals surface area contributed by atoms with Crippen LogP contribution in [0.15, 0.2) is 17.4 Å². The van der Waals surface area contributed by atoms with Crippen molar-refractivity contribution in [3.63, 3.8) is 0 Å². The number of carbonyl (C=O) groups is 1. The number of hydrogen-bond donors (Lipinski definition) is 1. The van der Waals surface area contributed by atoms with Gasteiger partial charge in [0.2, 0.25) is 5.91 Å². The van der Waals surface area contributed by atoms with Gasteiger partial charge in [-0.25, -0.2) is 4.99 Å². The molecule has 9 nitrogen and oxygen atoms in total. The van der Waals surface area contributed by atoms with Gasteiger partial charge in [0.25, 0.3) is 0 Å². The smallest absolute Gasteiger partial charge is 0.243 e. The fourth-order valence-corrected chi connectivity index (χ4v) is 3.37. The van der Waals surface area contributed by atoms with Crippen LogP contribution in [0.4, 0.5) is 0 Å². The second-order valence-electron chi connectivity index (χ2n) is 7.55. The van der Waals surface area contributed by atoms with Crippen molar-refractivity contribution < 1.29 is 14.3 Å². The molecule has 156 valence electrons. The molecule has 2 fully saturated rings. The number of aromatic nitrogens is 2. The van der Waals surface area contributed by atoms with E-state index in [-0.39, 0.29) is 24.7 Å². The van der Waals surface area contributed by atoms with E-state index in [1.54, 1.807) is 23.7 Å². The number of nitrogens with zero attached hydrogens (tertiary/aromatic N) is 5. The molecule has 1 aromatic rings. The number of hydrogen-bond acceptors (Lipinski definition) is 5. The number of morpholine rings is 1. The molecule has 2 atom stereocenters.